The normalized spacial score (nSPS) is 12.0. The Bertz CT molecular complexity index is 336. The summed E-state index contributed by atoms with van der Waals surface area (Å²) in [5.41, 5.74) is 6.22. The molecule has 1 aromatic rings. The van der Waals surface area contributed by atoms with Gasteiger partial charge in [0.1, 0.15) is 5.75 Å². The zero-order valence-electron chi connectivity index (χ0n) is 7.78. The first-order valence-corrected chi connectivity index (χ1v) is 5.28. The van der Waals surface area contributed by atoms with E-state index in [0.717, 1.165) is 0 Å². The first-order chi connectivity index (χ1) is 6.57. The predicted molar refractivity (Wildman–Crippen MR) is 66.7 cm³/mol. The molecule has 86 valence electrons. The number of phenolic OH excluding ortho intramolecular Hbond substituents is 1. The monoisotopic (exact) mass is 315 g/mol. The van der Waals surface area contributed by atoms with E-state index >= 15 is 0 Å². The van der Waals surface area contributed by atoms with Gasteiger partial charge in [-0.05, 0) is 34.5 Å². The Morgan fingerprint density at radius 2 is 2.07 bits per heavy atom. The lowest BCUT2D eigenvalue weighted by Gasteiger charge is -2.14. The van der Waals surface area contributed by atoms with Crippen LogP contribution in [0.4, 0.5) is 0 Å². The van der Waals surface area contributed by atoms with Crippen molar-refractivity contribution in [3.63, 3.8) is 0 Å². The number of nitrogens with two attached hydrogens (primary N) is 1. The summed E-state index contributed by atoms with van der Waals surface area (Å²) in [6.07, 6.45) is 0.365. The molecule has 1 aromatic carbocycles. The summed E-state index contributed by atoms with van der Waals surface area (Å²) < 4.78 is 0.547. The van der Waals surface area contributed by atoms with Crippen molar-refractivity contribution >= 4 is 39.9 Å². The van der Waals surface area contributed by atoms with Crippen LogP contribution in [-0.4, -0.2) is 16.8 Å². The van der Waals surface area contributed by atoms with Crippen LogP contribution in [0.2, 0.25) is 5.02 Å². The van der Waals surface area contributed by atoms with E-state index in [0.29, 0.717) is 21.5 Å². The minimum absolute atomic E-state index is 0. The minimum atomic E-state index is -0.454. The lowest BCUT2D eigenvalue weighted by Crippen LogP contribution is -2.12. The number of hydrogen-bond acceptors (Lipinski definition) is 3. The van der Waals surface area contributed by atoms with Crippen LogP contribution in [0.5, 0.6) is 5.75 Å². The lowest BCUT2D eigenvalue weighted by molar-refractivity contribution is 0.275. The van der Waals surface area contributed by atoms with Crippen LogP contribution in [0.15, 0.2) is 16.6 Å². The van der Waals surface area contributed by atoms with E-state index in [1.54, 1.807) is 12.1 Å². The summed E-state index contributed by atoms with van der Waals surface area (Å²) in [6, 6.07) is 2.84. The molecule has 0 aromatic heterocycles. The highest BCUT2D eigenvalue weighted by atomic mass is 79.9. The van der Waals surface area contributed by atoms with Gasteiger partial charge in [0.2, 0.25) is 0 Å². The first kappa shape index (κ1) is 15.0. The van der Waals surface area contributed by atoms with E-state index in [9.17, 15) is 5.11 Å². The number of hydrogen-bond donors (Lipinski definition) is 3. The fraction of sp³-hybridized carbons (Fsp3) is 0.333. The zero-order valence-corrected chi connectivity index (χ0v) is 10.9. The Morgan fingerprint density at radius 3 is 2.60 bits per heavy atom. The van der Waals surface area contributed by atoms with Crippen LogP contribution < -0.4 is 5.73 Å². The fourth-order valence-electron chi connectivity index (χ4n) is 1.19. The lowest BCUT2D eigenvalue weighted by atomic mass is 10.0. The van der Waals surface area contributed by atoms with Crippen LogP contribution >= 0.6 is 39.9 Å². The summed E-state index contributed by atoms with van der Waals surface area (Å²) in [6.45, 7) is -0.0382. The molecule has 0 aliphatic carbocycles. The molecule has 15 heavy (non-hydrogen) atoms. The quantitative estimate of drug-likeness (QED) is 0.803. The van der Waals surface area contributed by atoms with Gasteiger partial charge >= 0.3 is 0 Å². The zero-order chi connectivity index (χ0) is 10.7. The van der Waals surface area contributed by atoms with Gasteiger partial charge in [-0.2, -0.15) is 0 Å². The van der Waals surface area contributed by atoms with Gasteiger partial charge in [-0.1, -0.05) is 11.6 Å². The van der Waals surface area contributed by atoms with E-state index < -0.39 is 6.04 Å². The summed E-state index contributed by atoms with van der Waals surface area (Å²) in [5, 5.41) is 18.8. The summed E-state index contributed by atoms with van der Waals surface area (Å²) in [4.78, 5) is 0. The third-order valence-electron chi connectivity index (χ3n) is 1.93. The van der Waals surface area contributed by atoms with Crippen molar-refractivity contribution in [1.82, 2.24) is 0 Å². The van der Waals surface area contributed by atoms with Crippen LogP contribution in [-0.2, 0) is 0 Å². The molecule has 0 aliphatic heterocycles. The van der Waals surface area contributed by atoms with Crippen molar-refractivity contribution in [2.24, 2.45) is 5.73 Å². The van der Waals surface area contributed by atoms with Crippen molar-refractivity contribution < 1.29 is 10.2 Å². The van der Waals surface area contributed by atoms with Gasteiger partial charge in [0.15, 0.2) is 0 Å². The molecule has 0 saturated carbocycles. The molecule has 6 heteroatoms. The molecule has 0 amide bonds. The largest absolute Gasteiger partial charge is 0.506 e. The molecule has 0 spiro atoms. The van der Waals surface area contributed by atoms with E-state index in [1.807, 2.05) is 0 Å². The summed E-state index contributed by atoms with van der Waals surface area (Å²) in [5.74, 6) is 0.0402. The van der Waals surface area contributed by atoms with E-state index in [2.05, 4.69) is 15.9 Å². The minimum Gasteiger partial charge on any atom is -0.506 e. The maximum Gasteiger partial charge on any atom is 0.136 e. The van der Waals surface area contributed by atoms with Gasteiger partial charge in [0, 0.05) is 23.2 Å². The molecule has 3 nitrogen and oxygen atoms in total. The van der Waals surface area contributed by atoms with Crippen LogP contribution in [0.1, 0.15) is 18.0 Å². The number of halogens is 3. The predicted octanol–water partition coefficient (Wildman–Crippen LogP) is 2.61. The smallest absolute Gasteiger partial charge is 0.136 e. The molecule has 0 radical (unpaired) electrons. The van der Waals surface area contributed by atoms with Crippen molar-refractivity contribution in [3.05, 3.63) is 27.2 Å². The maximum atomic E-state index is 9.68. The SMILES string of the molecule is Cl.N[C@H](CCO)c1c(Cl)ccc(Br)c1O. The van der Waals surface area contributed by atoms with E-state index in [1.165, 1.54) is 0 Å². The Morgan fingerprint density at radius 1 is 1.47 bits per heavy atom. The molecule has 0 aliphatic rings. The molecule has 0 heterocycles. The third-order valence-corrected chi connectivity index (χ3v) is 2.90. The molecule has 0 unspecified atom stereocenters. The Balaban J connectivity index is 0.00000196. The van der Waals surface area contributed by atoms with E-state index in [-0.39, 0.29) is 24.8 Å². The Labute approximate surface area is 108 Å². The number of rotatable bonds is 3. The van der Waals surface area contributed by atoms with Crippen molar-refractivity contribution in [1.29, 1.82) is 0 Å². The number of aromatic hydroxyl groups is 1. The van der Waals surface area contributed by atoms with Gasteiger partial charge in [-0.3, -0.25) is 0 Å². The molecular formula is C9H12BrCl2NO2. The van der Waals surface area contributed by atoms with Crippen molar-refractivity contribution in [2.45, 2.75) is 12.5 Å². The number of phenols is 1. The third kappa shape index (κ3) is 3.50. The number of aliphatic hydroxyl groups excluding tert-OH is 1. The average molecular weight is 317 g/mol. The average Bonchev–Trinajstić information content (AvgIpc) is 2.13. The highest BCUT2D eigenvalue weighted by Crippen LogP contribution is 2.37. The second kappa shape index (κ2) is 6.55. The highest BCUT2D eigenvalue weighted by Gasteiger charge is 2.16. The van der Waals surface area contributed by atoms with Crippen LogP contribution in [0.3, 0.4) is 0 Å². The molecule has 0 fully saturated rings. The Hall–Kier alpha value is -0.000000000000000111. The fourth-order valence-corrected chi connectivity index (χ4v) is 1.83. The summed E-state index contributed by atoms with van der Waals surface area (Å²) in [7, 11) is 0. The van der Waals surface area contributed by atoms with Crippen LogP contribution in [0, 0.1) is 0 Å². The molecule has 0 saturated heterocycles. The molecule has 1 atom stereocenters. The van der Waals surface area contributed by atoms with Gasteiger partial charge in [-0.15, -0.1) is 12.4 Å². The number of benzene rings is 1. The first-order valence-electron chi connectivity index (χ1n) is 4.11. The van der Waals surface area contributed by atoms with Gasteiger partial charge in [0.25, 0.3) is 0 Å². The molecular weight excluding hydrogens is 305 g/mol. The van der Waals surface area contributed by atoms with E-state index in [4.69, 9.17) is 22.4 Å². The van der Waals surface area contributed by atoms with Crippen LogP contribution in [0.25, 0.3) is 0 Å². The molecule has 4 N–H and O–H groups in total. The van der Waals surface area contributed by atoms with Crippen molar-refractivity contribution in [2.75, 3.05) is 6.61 Å². The second-order valence-electron chi connectivity index (χ2n) is 2.91. The van der Waals surface area contributed by atoms with Gasteiger partial charge in [0.05, 0.1) is 4.47 Å². The standard InChI is InChI=1S/C9H11BrClNO2.ClH/c10-5-1-2-6(11)8(9(5)14)7(12)3-4-13;/h1-2,7,13-14H,3-4,12H2;1H/t7-;/m1./s1. The molecule has 1 rings (SSSR count). The van der Waals surface area contributed by atoms with Crippen molar-refractivity contribution in [3.8, 4) is 5.75 Å². The highest BCUT2D eigenvalue weighted by molar-refractivity contribution is 9.10. The molecule has 0 bridgehead atoms. The topological polar surface area (TPSA) is 66.5 Å². The van der Waals surface area contributed by atoms with Gasteiger partial charge < -0.3 is 15.9 Å². The Kier molecular flexibility index (Phi) is 6.55. The summed E-state index contributed by atoms with van der Waals surface area (Å²) >= 11 is 9.06. The number of aliphatic hydroxyl groups is 1. The second-order valence-corrected chi connectivity index (χ2v) is 4.17. The van der Waals surface area contributed by atoms with Gasteiger partial charge in [-0.25, -0.2) is 0 Å². The maximum absolute atomic E-state index is 9.68.